The lowest BCUT2D eigenvalue weighted by Crippen LogP contribution is -2.42. The molecule has 0 saturated heterocycles. The first-order valence-electron chi connectivity index (χ1n) is 13.3. The topological polar surface area (TPSA) is 87.0 Å². The monoisotopic (exact) mass is 476 g/mol. The number of aromatic hydroxyl groups is 1. The highest BCUT2D eigenvalue weighted by Crippen LogP contribution is 2.60. The van der Waals surface area contributed by atoms with Gasteiger partial charge in [-0.05, 0) is 92.4 Å². The van der Waals surface area contributed by atoms with Crippen LogP contribution in [0.1, 0.15) is 81.8 Å². The number of aliphatic imine (C=N–C) groups is 1. The Morgan fingerprint density at radius 2 is 1.89 bits per heavy atom. The molecule has 0 aromatic heterocycles. The van der Waals surface area contributed by atoms with Gasteiger partial charge in [0.2, 0.25) is 0 Å². The number of aryl methyl sites for hydroxylation is 1. The largest absolute Gasteiger partial charge is 0.508 e. The average Bonchev–Trinajstić information content (AvgIpc) is 3.35. The van der Waals surface area contributed by atoms with Crippen molar-refractivity contribution in [3.05, 3.63) is 41.5 Å². The van der Waals surface area contributed by atoms with Gasteiger partial charge in [0.15, 0.2) is 5.78 Å². The first kappa shape index (κ1) is 24.0. The summed E-state index contributed by atoms with van der Waals surface area (Å²) in [5.41, 5.74) is 4.13. The van der Waals surface area contributed by atoms with Crippen molar-refractivity contribution in [2.75, 3.05) is 13.1 Å². The maximum Gasteiger partial charge on any atom is 0.253 e. The number of hydrogen-bond donors (Lipinski definition) is 1. The fraction of sp³-hybridized carbons (Fsp3) is 0.586. The van der Waals surface area contributed by atoms with Crippen LogP contribution in [-0.4, -0.2) is 46.4 Å². The van der Waals surface area contributed by atoms with E-state index in [4.69, 9.17) is 4.99 Å². The molecule has 0 spiro atoms. The molecule has 2 amide bonds. The quantitative estimate of drug-likeness (QED) is 0.434. The van der Waals surface area contributed by atoms with Crippen molar-refractivity contribution in [1.29, 1.82) is 0 Å². The van der Waals surface area contributed by atoms with Crippen molar-refractivity contribution in [1.82, 2.24) is 4.90 Å². The number of carbonyl (C=O) groups excluding carboxylic acids is 3. The summed E-state index contributed by atoms with van der Waals surface area (Å²) >= 11 is 0. The van der Waals surface area contributed by atoms with Gasteiger partial charge in [-0.15, -0.1) is 0 Å². The summed E-state index contributed by atoms with van der Waals surface area (Å²) in [6, 6.07) is 5.94. The Bertz CT molecular complexity index is 1070. The van der Waals surface area contributed by atoms with E-state index < -0.39 is 0 Å². The maximum atomic E-state index is 12.5. The normalized spacial score (nSPS) is 30.5. The summed E-state index contributed by atoms with van der Waals surface area (Å²) in [7, 11) is 0. The number of imide groups is 1. The van der Waals surface area contributed by atoms with Crippen molar-refractivity contribution in [3.8, 4) is 5.75 Å². The van der Waals surface area contributed by atoms with Crippen LogP contribution >= 0.6 is 0 Å². The summed E-state index contributed by atoms with van der Waals surface area (Å²) < 4.78 is 0. The third-order valence-corrected chi connectivity index (χ3v) is 9.14. The van der Waals surface area contributed by atoms with Crippen molar-refractivity contribution < 1.29 is 19.5 Å². The Labute approximate surface area is 207 Å². The minimum absolute atomic E-state index is 0.110. The summed E-state index contributed by atoms with van der Waals surface area (Å²) in [6.07, 6.45) is 12.1. The van der Waals surface area contributed by atoms with Gasteiger partial charge in [0, 0.05) is 36.2 Å². The van der Waals surface area contributed by atoms with Crippen molar-refractivity contribution >= 4 is 23.3 Å². The maximum absolute atomic E-state index is 12.5. The van der Waals surface area contributed by atoms with Crippen LogP contribution in [0.25, 0.3) is 0 Å². The molecule has 4 unspecified atom stereocenters. The first-order valence-corrected chi connectivity index (χ1v) is 13.3. The number of phenols is 1. The van der Waals surface area contributed by atoms with Gasteiger partial charge in [-0.1, -0.05) is 19.4 Å². The fourth-order valence-corrected chi connectivity index (χ4v) is 7.30. The van der Waals surface area contributed by atoms with Gasteiger partial charge in [0.25, 0.3) is 11.8 Å². The van der Waals surface area contributed by atoms with E-state index in [-0.39, 0.29) is 29.6 Å². The van der Waals surface area contributed by atoms with E-state index in [2.05, 4.69) is 13.0 Å². The number of rotatable bonds is 8. The molecule has 2 saturated carbocycles. The molecule has 6 nitrogen and oxygen atoms in total. The second-order valence-corrected chi connectivity index (χ2v) is 11.1. The van der Waals surface area contributed by atoms with Gasteiger partial charge in [0.05, 0.1) is 6.54 Å². The van der Waals surface area contributed by atoms with Gasteiger partial charge >= 0.3 is 0 Å². The lowest BCUT2D eigenvalue weighted by molar-refractivity contribution is -0.136. The second kappa shape index (κ2) is 9.71. The van der Waals surface area contributed by atoms with Crippen molar-refractivity contribution in [2.24, 2.45) is 22.2 Å². The molecule has 1 aromatic rings. The molecule has 0 radical (unpaired) electrons. The van der Waals surface area contributed by atoms with Crippen LogP contribution in [0.4, 0.5) is 0 Å². The smallest absolute Gasteiger partial charge is 0.253 e. The highest BCUT2D eigenvalue weighted by molar-refractivity contribution is 6.12. The summed E-state index contributed by atoms with van der Waals surface area (Å²) in [4.78, 5) is 41.8. The molecule has 1 aliphatic heterocycles. The lowest BCUT2D eigenvalue weighted by atomic mass is 9.55. The zero-order valence-electron chi connectivity index (χ0n) is 20.7. The molecule has 4 atom stereocenters. The van der Waals surface area contributed by atoms with Crippen LogP contribution < -0.4 is 0 Å². The number of carbonyl (C=O) groups is 3. The molecule has 3 aliphatic carbocycles. The third-order valence-electron chi connectivity index (χ3n) is 9.14. The molecule has 186 valence electrons. The fourth-order valence-electron chi connectivity index (χ4n) is 7.30. The van der Waals surface area contributed by atoms with Crippen LogP contribution in [-0.2, 0) is 20.8 Å². The lowest BCUT2D eigenvalue weighted by Gasteiger charge is -2.49. The SMILES string of the molecule is CC12CCC3c4ccc(O)cc4CCC3C1CCC2=NCC(=O)CCCCCN1C(=O)C=CC1=O. The Kier molecular flexibility index (Phi) is 6.65. The van der Waals surface area contributed by atoms with Crippen LogP contribution in [0.2, 0.25) is 0 Å². The van der Waals surface area contributed by atoms with Crippen LogP contribution in [0, 0.1) is 17.3 Å². The van der Waals surface area contributed by atoms with E-state index in [1.807, 2.05) is 12.1 Å². The van der Waals surface area contributed by atoms with E-state index in [0.29, 0.717) is 36.5 Å². The first-order chi connectivity index (χ1) is 16.9. The van der Waals surface area contributed by atoms with Crippen molar-refractivity contribution in [3.63, 3.8) is 0 Å². The molecule has 1 heterocycles. The van der Waals surface area contributed by atoms with E-state index in [9.17, 15) is 19.5 Å². The van der Waals surface area contributed by atoms with Crippen LogP contribution in [0.5, 0.6) is 5.75 Å². The standard InChI is InChI=1S/C29H36N2O4/c1-29-15-14-23-22-9-7-20(32)17-19(22)6-8-24(23)25(29)10-11-26(29)30-18-21(33)5-3-2-4-16-31-27(34)12-13-28(31)35/h7,9,12-13,17,23-25,32H,2-6,8,10-11,14-16,18H2,1H3. The van der Waals surface area contributed by atoms with Crippen molar-refractivity contribution in [2.45, 2.75) is 77.0 Å². The zero-order chi connectivity index (χ0) is 24.6. The number of hydrogen-bond acceptors (Lipinski definition) is 5. The summed E-state index contributed by atoms with van der Waals surface area (Å²) in [5.74, 6) is 1.95. The molecule has 1 N–H and O–H groups in total. The van der Waals surface area contributed by atoms with Gasteiger partial charge in [-0.3, -0.25) is 24.3 Å². The van der Waals surface area contributed by atoms with Gasteiger partial charge in [-0.25, -0.2) is 0 Å². The number of ketones is 1. The Morgan fingerprint density at radius 3 is 2.69 bits per heavy atom. The molecule has 2 fully saturated rings. The number of fused-ring (bicyclic) bond motifs is 5. The van der Waals surface area contributed by atoms with E-state index >= 15 is 0 Å². The minimum atomic E-state index is -0.240. The summed E-state index contributed by atoms with van der Waals surface area (Å²) in [6.45, 7) is 3.09. The predicted molar refractivity (Wildman–Crippen MR) is 134 cm³/mol. The van der Waals surface area contributed by atoms with Crippen LogP contribution in [0.3, 0.4) is 0 Å². The predicted octanol–water partition coefficient (Wildman–Crippen LogP) is 4.74. The molecule has 4 aliphatic rings. The highest BCUT2D eigenvalue weighted by Gasteiger charge is 2.53. The number of phenolic OH excluding ortho intramolecular Hbond substituents is 1. The van der Waals surface area contributed by atoms with Crippen LogP contribution in [0.15, 0.2) is 35.3 Å². The minimum Gasteiger partial charge on any atom is -0.508 e. The zero-order valence-corrected chi connectivity index (χ0v) is 20.7. The Morgan fingerprint density at radius 1 is 1.09 bits per heavy atom. The van der Waals surface area contributed by atoms with E-state index in [1.165, 1.54) is 46.7 Å². The molecule has 0 bridgehead atoms. The molecular weight excluding hydrogens is 440 g/mol. The van der Waals surface area contributed by atoms with Gasteiger partial charge in [0.1, 0.15) is 5.75 Å². The molecule has 6 heteroatoms. The van der Waals surface area contributed by atoms with E-state index in [1.54, 1.807) is 0 Å². The molecule has 5 rings (SSSR count). The number of benzene rings is 1. The Hall–Kier alpha value is -2.76. The number of Topliss-reactive ketones (excluding diaryl/α,β-unsaturated/α-hetero) is 1. The highest BCUT2D eigenvalue weighted by atomic mass is 16.3. The Balaban J connectivity index is 1.12. The number of nitrogens with zero attached hydrogens (tertiary/aromatic N) is 2. The summed E-state index contributed by atoms with van der Waals surface area (Å²) in [5, 5.41) is 9.89. The number of unbranched alkanes of at least 4 members (excludes halogenated alkanes) is 2. The van der Waals surface area contributed by atoms with Gasteiger partial charge < -0.3 is 5.11 Å². The molecule has 1 aromatic carbocycles. The average molecular weight is 477 g/mol. The van der Waals surface area contributed by atoms with Gasteiger partial charge in [-0.2, -0.15) is 0 Å². The number of amides is 2. The van der Waals surface area contributed by atoms with E-state index in [0.717, 1.165) is 44.9 Å². The molecular formula is C29H36N2O4. The third kappa shape index (κ3) is 4.60. The molecule has 35 heavy (non-hydrogen) atoms. The second-order valence-electron chi connectivity index (χ2n) is 11.1.